The molecule has 1 aliphatic heterocycles. The summed E-state index contributed by atoms with van der Waals surface area (Å²) >= 11 is 0. The molecule has 1 saturated carbocycles. The standard InChI is InChI=1S/C35H35FN4O7/c1-33(2,3)47-32(43)40-19-35(44,20-40)26-17-25-27(18-29(26)45-4)37-16-13-28(25)46-24-11-9-23(10-12-24)39-31(42)34(14-15-34)30(41)38-22-7-5-21(36)6-8-22/h5-13,16-18,44H,14-15,19-20H2,1-4H3,(H,38,41)(H,39,42). The van der Waals surface area contributed by atoms with Crippen LogP contribution in [-0.2, 0) is 19.9 Å². The van der Waals surface area contributed by atoms with Crippen molar-refractivity contribution >= 4 is 40.2 Å². The van der Waals surface area contributed by atoms with Crippen molar-refractivity contribution in [2.75, 3.05) is 30.8 Å². The number of nitrogens with one attached hydrogen (secondary N) is 2. The number of amides is 3. The Bertz CT molecular complexity index is 1850. The summed E-state index contributed by atoms with van der Waals surface area (Å²) in [6.45, 7) is 5.41. The molecule has 4 aromatic rings. The molecule has 3 aromatic carbocycles. The van der Waals surface area contributed by atoms with Gasteiger partial charge in [-0.1, -0.05) is 0 Å². The van der Waals surface area contributed by atoms with E-state index in [1.54, 1.807) is 69.4 Å². The van der Waals surface area contributed by atoms with Gasteiger partial charge in [-0.3, -0.25) is 14.6 Å². The van der Waals surface area contributed by atoms with Crippen LogP contribution in [0.5, 0.6) is 17.2 Å². The van der Waals surface area contributed by atoms with Crippen LogP contribution in [0.4, 0.5) is 20.6 Å². The fraction of sp³-hybridized carbons (Fsp3) is 0.314. The predicted molar refractivity (Wildman–Crippen MR) is 172 cm³/mol. The summed E-state index contributed by atoms with van der Waals surface area (Å²) in [5, 5.41) is 17.6. The van der Waals surface area contributed by atoms with Crippen LogP contribution in [0.25, 0.3) is 10.9 Å². The van der Waals surface area contributed by atoms with E-state index in [1.165, 1.54) is 36.3 Å². The lowest BCUT2D eigenvalue weighted by Crippen LogP contribution is -2.62. The molecule has 2 aliphatic rings. The minimum Gasteiger partial charge on any atom is -0.496 e. The second-order valence-electron chi connectivity index (χ2n) is 12.9. The summed E-state index contributed by atoms with van der Waals surface area (Å²) < 4.78 is 30.4. The highest BCUT2D eigenvalue weighted by Gasteiger charge is 2.56. The van der Waals surface area contributed by atoms with E-state index in [2.05, 4.69) is 15.6 Å². The third kappa shape index (κ3) is 6.54. The molecule has 0 spiro atoms. The van der Waals surface area contributed by atoms with Crippen molar-refractivity contribution in [3.63, 3.8) is 0 Å². The van der Waals surface area contributed by atoms with Crippen LogP contribution >= 0.6 is 0 Å². The number of benzene rings is 3. The van der Waals surface area contributed by atoms with Gasteiger partial charge in [-0.05, 0) is 94.3 Å². The normalized spacial score (nSPS) is 16.1. The van der Waals surface area contributed by atoms with Crippen molar-refractivity contribution in [1.82, 2.24) is 9.88 Å². The van der Waals surface area contributed by atoms with E-state index in [0.717, 1.165) is 0 Å². The molecule has 244 valence electrons. The zero-order chi connectivity index (χ0) is 33.6. The third-order valence-corrected chi connectivity index (χ3v) is 8.14. The average Bonchev–Trinajstić information content (AvgIpc) is 3.83. The van der Waals surface area contributed by atoms with Gasteiger partial charge in [0.25, 0.3) is 0 Å². The lowest BCUT2D eigenvalue weighted by Gasteiger charge is -2.46. The maximum atomic E-state index is 13.2. The van der Waals surface area contributed by atoms with Crippen molar-refractivity contribution in [2.45, 2.75) is 44.8 Å². The maximum absolute atomic E-state index is 13.2. The Labute approximate surface area is 270 Å². The van der Waals surface area contributed by atoms with Crippen molar-refractivity contribution in [3.8, 4) is 17.2 Å². The minimum absolute atomic E-state index is 0.0304. The van der Waals surface area contributed by atoms with Gasteiger partial charge < -0.3 is 34.9 Å². The highest BCUT2D eigenvalue weighted by atomic mass is 19.1. The number of carbonyl (C=O) groups excluding carboxylic acids is 3. The fourth-order valence-electron chi connectivity index (χ4n) is 5.43. The molecule has 12 heteroatoms. The van der Waals surface area contributed by atoms with Gasteiger partial charge >= 0.3 is 6.09 Å². The summed E-state index contributed by atoms with van der Waals surface area (Å²) in [4.78, 5) is 44.3. The first kappa shape index (κ1) is 31.7. The predicted octanol–water partition coefficient (Wildman–Crippen LogP) is 5.97. The topological polar surface area (TPSA) is 139 Å². The summed E-state index contributed by atoms with van der Waals surface area (Å²) in [6.07, 6.45) is 1.90. The Morgan fingerprint density at radius 1 is 0.894 bits per heavy atom. The zero-order valence-electron chi connectivity index (χ0n) is 26.4. The number of ether oxygens (including phenoxy) is 3. The number of aliphatic hydroxyl groups is 1. The van der Waals surface area contributed by atoms with Gasteiger partial charge in [0.15, 0.2) is 0 Å². The van der Waals surface area contributed by atoms with E-state index < -0.39 is 40.3 Å². The number of hydrogen-bond acceptors (Lipinski definition) is 8. The molecule has 1 saturated heterocycles. The lowest BCUT2D eigenvalue weighted by atomic mass is 9.85. The molecule has 1 aromatic heterocycles. The molecule has 1 aliphatic carbocycles. The van der Waals surface area contributed by atoms with Crippen LogP contribution in [0.1, 0.15) is 39.2 Å². The number of halogens is 1. The number of fused-ring (bicyclic) bond motifs is 1. The van der Waals surface area contributed by atoms with Crippen LogP contribution in [0.3, 0.4) is 0 Å². The highest BCUT2D eigenvalue weighted by Crippen LogP contribution is 2.48. The van der Waals surface area contributed by atoms with Gasteiger partial charge in [0.05, 0.1) is 25.7 Å². The van der Waals surface area contributed by atoms with Gasteiger partial charge in [0.1, 0.15) is 39.7 Å². The van der Waals surface area contributed by atoms with E-state index in [1.807, 2.05) is 0 Å². The van der Waals surface area contributed by atoms with Crippen LogP contribution in [-0.4, -0.2) is 58.7 Å². The number of methoxy groups -OCH3 is 1. The first-order valence-electron chi connectivity index (χ1n) is 15.1. The number of β-amino-alcohol motifs (C(OH)–C–C–N with tert-alkyl or cyclic N) is 1. The molecule has 0 atom stereocenters. The van der Waals surface area contributed by atoms with E-state index in [9.17, 15) is 23.9 Å². The van der Waals surface area contributed by atoms with Crippen LogP contribution in [0.2, 0.25) is 0 Å². The zero-order valence-corrected chi connectivity index (χ0v) is 26.4. The molecule has 11 nitrogen and oxygen atoms in total. The van der Waals surface area contributed by atoms with Gasteiger partial charge in [-0.15, -0.1) is 0 Å². The van der Waals surface area contributed by atoms with Crippen LogP contribution in [0, 0.1) is 11.2 Å². The van der Waals surface area contributed by atoms with Crippen molar-refractivity contribution < 1.29 is 38.1 Å². The van der Waals surface area contributed by atoms with Crippen molar-refractivity contribution in [2.24, 2.45) is 5.41 Å². The quantitative estimate of drug-likeness (QED) is 0.200. The first-order valence-corrected chi connectivity index (χ1v) is 15.1. The first-order chi connectivity index (χ1) is 22.3. The second-order valence-corrected chi connectivity index (χ2v) is 12.9. The van der Waals surface area contributed by atoms with E-state index in [4.69, 9.17) is 14.2 Å². The Balaban J connectivity index is 1.15. The Morgan fingerprint density at radius 2 is 1.49 bits per heavy atom. The number of pyridine rings is 1. The average molecular weight is 643 g/mol. The molecule has 0 bridgehead atoms. The molecule has 47 heavy (non-hydrogen) atoms. The lowest BCUT2D eigenvalue weighted by molar-refractivity contribution is -0.131. The number of nitrogens with zero attached hydrogens (tertiary/aromatic N) is 2. The minimum atomic E-state index is -1.36. The maximum Gasteiger partial charge on any atom is 0.410 e. The molecule has 2 heterocycles. The number of hydrogen-bond donors (Lipinski definition) is 3. The molecule has 0 radical (unpaired) electrons. The van der Waals surface area contributed by atoms with Crippen LogP contribution in [0.15, 0.2) is 72.9 Å². The van der Waals surface area contributed by atoms with Crippen LogP contribution < -0.4 is 20.1 Å². The molecular formula is C35H35FN4O7. The molecule has 0 unspecified atom stereocenters. The molecule has 3 amide bonds. The highest BCUT2D eigenvalue weighted by molar-refractivity contribution is 6.16. The Kier molecular flexibility index (Phi) is 8.00. The number of anilines is 2. The van der Waals surface area contributed by atoms with Crippen molar-refractivity contribution in [1.29, 1.82) is 0 Å². The van der Waals surface area contributed by atoms with Gasteiger partial charge in [0, 0.05) is 34.6 Å². The second kappa shape index (κ2) is 11.8. The monoisotopic (exact) mass is 642 g/mol. The SMILES string of the molecule is COc1cc2nccc(Oc3ccc(NC(=O)C4(C(=O)Nc5ccc(F)cc5)CC4)cc3)c2cc1C1(O)CN(C(=O)OC(C)(C)C)C1. The largest absolute Gasteiger partial charge is 0.496 e. The van der Waals surface area contributed by atoms with Gasteiger partial charge in [-0.25, -0.2) is 9.18 Å². The van der Waals surface area contributed by atoms with Gasteiger partial charge in [-0.2, -0.15) is 0 Å². The number of carbonyl (C=O) groups is 3. The molecule has 2 fully saturated rings. The number of likely N-dealkylation sites (tertiary alicyclic amines) is 1. The van der Waals surface area contributed by atoms with E-state index in [0.29, 0.717) is 57.9 Å². The number of aromatic nitrogens is 1. The third-order valence-electron chi connectivity index (χ3n) is 8.14. The number of rotatable bonds is 8. The van der Waals surface area contributed by atoms with Gasteiger partial charge in [0.2, 0.25) is 11.8 Å². The van der Waals surface area contributed by atoms with Crippen molar-refractivity contribution in [3.05, 3.63) is 84.3 Å². The van der Waals surface area contributed by atoms with E-state index in [-0.39, 0.29) is 13.1 Å². The summed E-state index contributed by atoms with van der Waals surface area (Å²) in [6, 6.07) is 17.2. The molecule has 6 rings (SSSR count). The summed E-state index contributed by atoms with van der Waals surface area (Å²) in [5.74, 6) is 0.0847. The summed E-state index contributed by atoms with van der Waals surface area (Å²) in [7, 11) is 1.50. The molecule has 3 N–H and O–H groups in total. The molecular weight excluding hydrogens is 607 g/mol. The smallest absolute Gasteiger partial charge is 0.410 e. The Hall–Kier alpha value is -5.23. The van der Waals surface area contributed by atoms with E-state index >= 15 is 0 Å². The fourth-order valence-corrected chi connectivity index (χ4v) is 5.43. The Morgan fingerprint density at radius 3 is 2.04 bits per heavy atom. The summed E-state index contributed by atoms with van der Waals surface area (Å²) in [5.41, 5.74) is -1.25.